The third-order valence-corrected chi connectivity index (χ3v) is 7.18. The van der Waals surface area contributed by atoms with E-state index in [9.17, 15) is 4.79 Å². The number of piperidine rings is 1. The van der Waals surface area contributed by atoms with Gasteiger partial charge in [0.05, 0.1) is 0 Å². The Labute approximate surface area is 208 Å². The van der Waals surface area contributed by atoms with E-state index in [0.29, 0.717) is 18.5 Å². The number of hydrogen-bond acceptors (Lipinski definition) is 7. The first-order valence-electron chi connectivity index (χ1n) is 13.2. The molecule has 2 aromatic rings. The molecule has 2 aromatic heterocycles. The summed E-state index contributed by atoms with van der Waals surface area (Å²) < 4.78 is 5.41. The van der Waals surface area contributed by atoms with Crippen LogP contribution < -0.4 is 15.5 Å². The van der Waals surface area contributed by atoms with Crippen LogP contribution in [0.25, 0.3) is 0 Å². The maximum Gasteiger partial charge on any atom is 0.407 e. The van der Waals surface area contributed by atoms with Gasteiger partial charge < -0.3 is 20.3 Å². The van der Waals surface area contributed by atoms with E-state index in [1.54, 1.807) is 6.20 Å². The van der Waals surface area contributed by atoms with Gasteiger partial charge in [-0.3, -0.25) is 5.10 Å². The van der Waals surface area contributed by atoms with Crippen LogP contribution in [0.1, 0.15) is 91.2 Å². The van der Waals surface area contributed by atoms with E-state index in [-0.39, 0.29) is 11.5 Å². The number of H-pyrrole nitrogens is 1. The lowest BCUT2D eigenvalue weighted by molar-refractivity contribution is 0.0504. The summed E-state index contributed by atoms with van der Waals surface area (Å²) >= 11 is 0. The number of carbonyl (C=O) groups excluding carboxylic acids is 1. The number of fused-ring (bicyclic) bond motifs is 2. The van der Waals surface area contributed by atoms with Crippen LogP contribution in [-0.4, -0.2) is 51.0 Å². The summed E-state index contributed by atoms with van der Waals surface area (Å²) in [4.78, 5) is 23.8. The lowest BCUT2D eigenvalue weighted by Crippen LogP contribution is -2.43. The van der Waals surface area contributed by atoms with E-state index in [2.05, 4.69) is 36.8 Å². The molecule has 2 unspecified atom stereocenters. The van der Waals surface area contributed by atoms with Gasteiger partial charge in [-0.15, -0.1) is 0 Å². The minimum Gasteiger partial charge on any atom is -0.444 e. The van der Waals surface area contributed by atoms with Gasteiger partial charge in [-0.05, 0) is 58.9 Å². The Hall–Kier alpha value is -2.84. The molecule has 2 bridgehead atoms. The van der Waals surface area contributed by atoms with E-state index in [0.717, 1.165) is 43.4 Å². The third kappa shape index (κ3) is 6.05. The van der Waals surface area contributed by atoms with Gasteiger partial charge in [0.1, 0.15) is 11.4 Å². The standard InChI is InChI=1S/C24H35N7O2.C2H6/c1-23(2,3)33-22(32)26-14-24-10-8-17(13-24)31(15-24)21-25-11-9-19(28-21)27-20-12-18(29-30-20)16-6-4-5-7-16;1-2/h9,11-12,16-17H,4-8,10,13-15H2,1-3H3,(H,26,32)(H2,25,27,28,29,30);1-2H3. The van der Waals surface area contributed by atoms with Gasteiger partial charge in [-0.2, -0.15) is 10.1 Å². The zero-order valence-electron chi connectivity index (χ0n) is 21.9. The third-order valence-electron chi connectivity index (χ3n) is 7.18. The van der Waals surface area contributed by atoms with Crippen molar-refractivity contribution in [2.24, 2.45) is 5.41 Å². The summed E-state index contributed by atoms with van der Waals surface area (Å²) in [6, 6.07) is 4.38. The Kier molecular flexibility index (Phi) is 7.52. The molecule has 9 heteroatoms. The van der Waals surface area contributed by atoms with Crippen LogP contribution in [0, 0.1) is 5.41 Å². The molecule has 0 spiro atoms. The fourth-order valence-electron chi connectivity index (χ4n) is 5.64. The van der Waals surface area contributed by atoms with Crippen LogP contribution in [0.4, 0.5) is 22.4 Å². The number of rotatable bonds is 6. The second kappa shape index (κ2) is 10.4. The van der Waals surface area contributed by atoms with Crippen molar-refractivity contribution in [3.8, 4) is 0 Å². The summed E-state index contributed by atoms with van der Waals surface area (Å²) in [5, 5.41) is 13.9. The maximum atomic E-state index is 12.2. The Balaban J connectivity index is 0.00000141. The van der Waals surface area contributed by atoms with Crippen LogP contribution in [0.15, 0.2) is 18.3 Å². The van der Waals surface area contributed by atoms with E-state index < -0.39 is 5.60 Å². The molecule has 0 radical (unpaired) electrons. The van der Waals surface area contributed by atoms with Gasteiger partial charge in [0.15, 0.2) is 5.82 Å². The first-order chi connectivity index (χ1) is 16.8. The van der Waals surface area contributed by atoms with Crippen LogP contribution >= 0.6 is 0 Å². The van der Waals surface area contributed by atoms with Crippen molar-refractivity contribution in [1.29, 1.82) is 0 Å². The summed E-state index contributed by atoms with van der Waals surface area (Å²) in [6.07, 6.45) is 9.74. The zero-order chi connectivity index (χ0) is 25.1. The van der Waals surface area contributed by atoms with Crippen molar-refractivity contribution < 1.29 is 9.53 Å². The number of amides is 1. The SMILES string of the molecule is CC.CC(C)(C)OC(=O)NCC12CCC(C1)N(c1nccc(Nc3cc(C4CCCC4)[nH]n3)n1)C2. The summed E-state index contributed by atoms with van der Waals surface area (Å²) in [7, 11) is 0. The summed E-state index contributed by atoms with van der Waals surface area (Å²) in [5.74, 6) is 2.87. The zero-order valence-corrected chi connectivity index (χ0v) is 21.9. The molecule has 192 valence electrons. The summed E-state index contributed by atoms with van der Waals surface area (Å²) in [5.41, 5.74) is 0.766. The van der Waals surface area contributed by atoms with Crippen LogP contribution in [0.3, 0.4) is 0 Å². The molecule has 35 heavy (non-hydrogen) atoms. The highest BCUT2D eigenvalue weighted by atomic mass is 16.6. The van der Waals surface area contributed by atoms with Crippen molar-refractivity contribution in [2.45, 2.75) is 97.1 Å². The number of nitrogens with zero attached hydrogens (tertiary/aromatic N) is 4. The fraction of sp³-hybridized carbons (Fsp3) is 0.692. The number of aromatic nitrogens is 4. The molecule has 2 saturated carbocycles. The molecule has 3 aliphatic rings. The average molecular weight is 484 g/mol. The number of aromatic amines is 1. The minimum atomic E-state index is -0.491. The van der Waals surface area contributed by atoms with Gasteiger partial charge in [-0.25, -0.2) is 9.78 Å². The predicted molar refractivity (Wildman–Crippen MR) is 138 cm³/mol. The van der Waals surface area contributed by atoms with Crippen molar-refractivity contribution in [1.82, 2.24) is 25.5 Å². The quantitative estimate of drug-likeness (QED) is 0.497. The highest BCUT2D eigenvalue weighted by Gasteiger charge is 2.50. The predicted octanol–water partition coefficient (Wildman–Crippen LogP) is 5.51. The lowest BCUT2D eigenvalue weighted by atomic mass is 9.87. The Morgan fingerprint density at radius 3 is 2.74 bits per heavy atom. The minimum absolute atomic E-state index is 0.0484. The first kappa shape index (κ1) is 25.3. The van der Waals surface area contributed by atoms with Gasteiger partial charge in [-0.1, -0.05) is 26.7 Å². The van der Waals surface area contributed by atoms with Crippen molar-refractivity contribution >= 4 is 23.7 Å². The van der Waals surface area contributed by atoms with Crippen molar-refractivity contribution in [3.63, 3.8) is 0 Å². The second-order valence-corrected chi connectivity index (χ2v) is 10.9. The molecule has 3 heterocycles. The first-order valence-corrected chi connectivity index (χ1v) is 13.2. The number of nitrogens with one attached hydrogen (secondary N) is 3. The Bertz CT molecular complexity index is 996. The van der Waals surface area contributed by atoms with Gasteiger partial charge in [0.2, 0.25) is 5.95 Å². The van der Waals surface area contributed by atoms with Gasteiger partial charge >= 0.3 is 6.09 Å². The molecular formula is C26H41N7O2. The van der Waals surface area contributed by atoms with Gasteiger partial charge in [0.25, 0.3) is 0 Å². The molecular weight excluding hydrogens is 442 g/mol. The van der Waals surface area contributed by atoms with E-state index in [1.807, 2.05) is 40.7 Å². The maximum absolute atomic E-state index is 12.2. The van der Waals surface area contributed by atoms with E-state index >= 15 is 0 Å². The average Bonchev–Trinajstić information content (AvgIpc) is 3.62. The molecule has 1 aliphatic heterocycles. The molecule has 9 nitrogen and oxygen atoms in total. The van der Waals surface area contributed by atoms with E-state index in [1.165, 1.54) is 31.4 Å². The van der Waals surface area contributed by atoms with Crippen molar-refractivity contribution in [2.75, 3.05) is 23.3 Å². The number of hydrogen-bond donors (Lipinski definition) is 3. The molecule has 0 aromatic carbocycles. The molecule has 3 fully saturated rings. The number of carbonyl (C=O) groups is 1. The number of anilines is 3. The monoisotopic (exact) mass is 483 g/mol. The normalized spacial score (nSPS) is 23.7. The molecule has 2 atom stereocenters. The second-order valence-electron chi connectivity index (χ2n) is 10.9. The lowest BCUT2D eigenvalue weighted by Gasteiger charge is -2.33. The van der Waals surface area contributed by atoms with Crippen LogP contribution in [-0.2, 0) is 4.74 Å². The van der Waals surface area contributed by atoms with Crippen molar-refractivity contribution in [3.05, 3.63) is 24.0 Å². The molecule has 2 aliphatic carbocycles. The Morgan fingerprint density at radius 1 is 1.23 bits per heavy atom. The van der Waals surface area contributed by atoms with E-state index in [4.69, 9.17) is 9.72 Å². The van der Waals surface area contributed by atoms with Crippen LogP contribution in [0.2, 0.25) is 0 Å². The number of alkyl carbamates (subject to hydrolysis) is 1. The molecule has 1 saturated heterocycles. The highest BCUT2D eigenvalue weighted by Crippen LogP contribution is 2.48. The van der Waals surface area contributed by atoms with Gasteiger partial charge in [0, 0.05) is 48.4 Å². The fourth-order valence-corrected chi connectivity index (χ4v) is 5.64. The smallest absolute Gasteiger partial charge is 0.407 e. The van der Waals surface area contributed by atoms with Crippen LogP contribution in [0.5, 0.6) is 0 Å². The molecule has 1 amide bonds. The largest absolute Gasteiger partial charge is 0.444 e. The topological polar surface area (TPSA) is 108 Å². The number of ether oxygens (including phenoxy) is 1. The molecule has 3 N–H and O–H groups in total. The molecule has 5 rings (SSSR count). The Morgan fingerprint density at radius 2 is 2.00 bits per heavy atom. The highest BCUT2D eigenvalue weighted by molar-refractivity contribution is 5.67. The summed E-state index contributed by atoms with van der Waals surface area (Å²) in [6.45, 7) is 11.1.